The van der Waals surface area contributed by atoms with Crippen molar-refractivity contribution >= 4 is 11.9 Å². The summed E-state index contributed by atoms with van der Waals surface area (Å²) in [5.41, 5.74) is -0.922. The van der Waals surface area contributed by atoms with Crippen molar-refractivity contribution < 1.29 is 14.7 Å². The van der Waals surface area contributed by atoms with E-state index in [0.717, 1.165) is 19.3 Å². The lowest BCUT2D eigenvalue weighted by molar-refractivity contribution is -0.144. The molecule has 0 aromatic rings. The Morgan fingerprint density at radius 3 is 2.38 bits per heavy atom. The Labute approximate surface area is 95.4 Å². The molecule has 0 aliphatic heterocycles. The van der Waals surface area contributed by atoms with Crippen LogP contribution in [0.5, 0.6) is 0 Å². The van der Waals surface area contributed by atoms with Crippen molar-refractivity contribution in [1.29, 1.82) is 0 Å². The monoisotopic (exact) mass is 225 g/mol. The van der Waals surface area contributed by atoms with E-state index in [2.05, 4.69) is 12.2 Å². The zero-order chi connectivity index (χ0) is 11.8. The van der Waals surface area contributed by atoms with E-state index in [0.29, 0.717) is 18.8 Å². The summed E-state index contributed by atoms with van der Waals surface area (Å²) in [5, 5.41) is 11.7. The Bertz CT molecular complexity index is 309. The van der Waals surface area contributed by atoms with Gasteiger partial charge in [0.1, 0.15) is 5.54 Å². The number of hydrogen-bond donors (Lipinski definition) is 2. The van der Waals surface area contributed by atoms with Crippen LogP contribution in [-0.4, -0.2) is 22.5 Å². The van der Waals surface area contributed by atoms with Gasteiger partial charge in [0.15, 0.2) is 0 Å². The summed E-state index contributed by atoms with van der Waals surface area (Å²) in [6.07, 6.45) is 5.42. The van der Waals surface area contributed by atoms with Gasteiger partial charge in [-0.25, -0.2) is 4.79 Å². The lowest BCUT2D eigenvalue weighted by Gasteiger charge is -2.28. The molecule has 0 aromatic heterocycles. The second-order valence-electron chi connectivity index (χ2n) is 5.24. The van der Waals surface area contributed by atoms with Crippen LogP contribution in [-0.2, 0) is 9.59 Å². The fraction of sp³-hybridized carbons (Fsp3) is 0.833. The third kappa shape index (κ3) is 2.06. The minimum Gasteiger partial charge on any atom is -0.480 e. The van der Waals surface area contributed by atoms with E-state index in [1.807, 2.05) is 0 Å². The van der Waals surface area contributed by atoms with Crippen LogP contribution >= 0.6 is 0 Å². The summed E-state index contributed by atoms with van der Waals surface area (Å²) in [5.74, 6) is -0.527. The van der Waals surface area contributed by atoms with Crippen molar-refractivity contribution in [1.82, 2.24) is 5.32 Å². The first kappa shape index (κ1) is 11.4. The number of nitrogens with one attached hydrogen (secondary N) is 1. The smallest absolute Gasteiger partial charge is 0.329 e. The maximum Gasteiger partial charge on any atom is 0.329 e. The second-order valence-corrected chi connectivity index (χ2v) is 5.24. The zero-order valence-corrected chi connectivity index (χ0v) is 9.66. The van der Waals surface area contributed by atoms with E-state index in [1.165, 1.54) is 6.42 Å². The van der Waals surface area contributed by atoms with Gasteiger partial charge in [-0.1, -0.05) is 19.8 Å². The van der Waals surface area contributed by atoms with Crippen molar-refractivity contribution in [2.45, 2.75) is 51.0 Å². The van der Waals surface area contributed by atoms with Gasteiger partial charge in [0, 0.05) is 5.92 Å². The number of carbonyl (C=O) groups excluding carboxylic acids is 1. The highest BCUT2D eigenvalue weighted by Gasteiger charge is 2.52. The normalized spacial score (nSPS) is 31.8. The van der Waals surface area contributed by atoms with E-state index in [4.69, 9.17) is 5.11 Å². The Morgan fingerprint density at radius 2 is 1.88 bits per heavy atom. The minimum absolute atomic E-state index is 0.0191. The van der Waals surface area contributed by atoms with Crippen molar-refractivity contribution in [3.63, 3.8) is 0 Å². The van der Waals surface area contributed by atoms with Crippen molar-refractivity contribution in [2.75, 3.05) is 0 Å². The molecule has 0 bridgehead atoms. The Morgan fingerprint density at radius 1 is 1.25 bits per heavy atom. The molecule has 0 radical (unpaired) electrons. The summed E-state index contributed by atoms with van der Waals surface area (Å²) in [7, 11) is 0. The van der Waals surface area contributed by atoms with Gasteiger partial charge >= 0.3 is 5.97 Å². The van der Waals surface area contributed by atoms with E-state index in [-0.39, 0.29) is 11.8 Å². The number of carboxylic acids is 1. The molecule has 2 fully saturated rings. The molecule has 2 atom stereocenters. The molecule has 2 saturated carbocycles. The van der Waals surface area contributed by atoms with Crippen LogP contribution in [0.1, 0.15) is 45.4 Å². The molecule has 0 saturated heterocycles. The summed E-state index contributed by atoms with van der Waals surface area (Å²) in [6.45, 7) is 2.09. The fourth-order valence-corrected chi connectivity index (χ4v) is 2.55. The highest BCUT2D eigenvalue weighted by molar-refractivity contribution is 5.90. The van der Waals surface area contributed by atoms with E-state index < -0.39 is 11.5 Å². The van der Waals surface area contributed by atoms with Crippen LogP contribution in [0.3, 0.4) is 0 Å². The molecule has 2 aliphatic carbocycles. The van der Waals surface area contributed by atoms with E-state index in [1.54, 1.807) is 0 Å². The SMILES string of the molecule is CC1CCCCC1C(=O)NC1(C(=O)O)CC1. The Balaban J connectivity index is 1.95. The molecular formula is C12H19NO3. The lowest BCUT2D eigenvalue weighted by Crippen LogP contribution is -2.47. The van der Waals surface area contributed by atoms with Gasteiger partial charge in [-0.3, -0.25) is 4.79 Å². The predicted octanol–water partition coefficient (Wildman–Crippen LogP) is 1.55. The molecule has 2 N–H and O–H groups in total. The van der Waals surface area contributed by atoms with Gasteiger partial charge in [-0.15, -0.1) is 0 Å². The van der Waals surface area contributed by atoms with Crippen molar-refractivity contribution in [2.24, 2.45) is 11.8 Å². The Hall–Kier alpha value is -1.06. The number of amides is 1. The molecule has 0 spiro atoms. The number of aliphatic carboxylic acids is 1. The molecular weight excluding hydrogens is 206 g/mol. The van der Waals surface area contributed by atoms with E-state index >= 15 is 0 Å². The molecule has 90 valence electrons. The number of rotatable bonds is 3. The minimum atomic E-state index is -0.922. The average Bonchev–Trinajstić information content (AvgIpc) is 2.99. The first-order valence-corrected chi connectivity index (χ1v) is 6.10. The predicted molar refractivity (Wildman–Crippen MR) is 58.9 cm³/mol. The summed E-state index contributed by atoms with van der Waals surface area (Å²) >= 11 is 0. The summed E-state index contributed by atoms with van der Waals surface area (Å²) in [6, 6.07) is 0. The van der Waals surface area contributed by atoms with Gasteiger partial charge in [0.25, 0.3) is 0 Å². The summed E-state index contributed by atoms with van der Waals surface area (Å²) < 4.78 is 0. The molecule has 2 aliphatic rings. The quantitative estimate of drug-likeness (QED) is 0.765. The van der Waals surface area contributed by atoms with Gasteiger partial charge in [-0.2, -0.15) is 0 Å². The fourth-order valence-electron chi connectivity index (χ4n) is 2.55. The van der Waals surface area contributed by atoms with Crippen LogP contribution in [0.25, 0.3) is 0 Å². The van der Waals surface area contributed by atoms with Gasteiger partial charge in [0.2, 0.25) is 5.91 Å². The van der Waals surface area contributed by atoms with Crippen LogP contribution in [0, 0.1) is 11.8 Å². The maximum absolute atomic E-state index is 12.0. The van der Waals surface area contributed by atoms with Crippen molar-refractivity contribution in [3.8, 4) is 0 Å². The second kappa shape index (κ2) is 4.07. The van der Waals surface area contributed by atoms with Gasteiger partial charge in [0.05, 0.1) is 0 Å². The molecule has 0 heterocycles. The molecule has 4 heteroatoms. The standard InChI is InChI=1S/C12H19NO3/c1-8-4-2-3-5-9(8)10(14)13-12(6-7-12)11(15)16/h8-9H,2-7H2,1H3,(H,13,14)(H,15,16). The average molecular weight is 225 g/mol. The maximum atomic E-state index is 12.0. The summed E-state index contributed by atoms with van der Waals surface area (Å²) in [4.78, 5) is 23.0. The number of hydrogen-bond acceptors (Lipinski definition) is 2. The van der Waals surface area contributed by atoms with Gasteiger partial charge in [-0.05, 0) is 31.6 Å². The molecule has 0 aromatic carbocycles. The third-order valence-corrected chi connectivity index (χ3v) is 3.97. The number of carbonyl (C=O) groups is 2. The van der Waals surface area contributed by atoms with Crippen molar-refractivity contribution in [3.05, 3.63) is 0 Å². The topological polar surface area (TPSA) is 66.4 Å². The molecule has 2 unspecified atom stereocenters. The molecule has 2 rings (SSSR count). The zero-order valence-electron chi connectivity index (χ0n) is 9.66. The largest absolute Gasteiger partial charge is 0.480 e. The van der Waals surface area contributed by atoms with Crippen LogP contribution < -0.4 is 5.32 Å². The van der Waals surface area contributed by atoms with Crippen LogP contribution in [0.4, 0.5) is 0 Å². The van der Waals surface area contributed by atoms with Crippen LogP contribution in [0.15, 0.2) is 0 Å². The van der Waals surface area contributed by atoms with Gasteiger partial charge < -0.3 is 10.4 Å². The molecule has 1 amide bonds. The van der Waals surface area contributed by atoms with Crippen LogP contribution in [0.2, 0.25) is 0 Å². The lowest BCUT2D eigenvalue weighted by atomic mass is 9.80. The first-order valence-electron chi connectivity index (χ1n) is 6.10. The van der Waals surface area contributed by atoms with E-state index in [9.17, 15) is 9.59 Å². The number of carboxylic acid groups (broad SMARTS) is 1. The first-order chi connectivity index (χ1) is 7.55. The Kier molecular flexibility index (Phi) is 2.91. The third-order valence-electron chi connectivity index (χ3n) is 3.97. The molecule has 16 heavy (non-hydrogen) atoms. The molecule has 4 nitrogen and oxygen atoms in total. The highest BCUT2D eigenvalue weighted by atomic mass is 16.4. The highest BCUT2D eigenvalue weighted by Crippen LogP contribution is 2.37.